The number of ketones is 1. The van der Waals surface area contributed by atoms with E-state index in [0.29, 0.717) is 23.4 Å². The molecule has 6 nitrogen and oxygen atoms in total. The van der Waals surface area contributed by atoms with Gasteiger partial charge in [-0.1, -0.05) is 35.9 Å². The lowest BCUT2D eigenvalue weighted by atomic mass is 10.0. The molecule has 3 aromatic rings. The van der Waals surface area contributed by atoms with E-state index in [9.17, 15) is 13.2 Å². The average Bonchev–Trinajstić information content (AvgIpc) is 3.03. The summed E-state index contributed by atoms with van der Waals surface area (Å²) in [6, 6.07) is 16.7. The predicted molar refractivity (Wildman–Crippen MR) is 119 cm³/mol. The number of aliphatic hydroxyl groups excluding tert-OH is 1. The molecule has 0 aliphatic rings. The first-order valence-electron chi connectivity index (χ1n) is 9.67. The Hall–Kier alpha value is -2.90. The number of rotatable bonds is 8. The van der Waals surface area contributed by atoms with Gasteiger partial charge in [-0.05, 0) is 49.2 Å². The predicted octanol–water partition coefficient (Wildman–Crippen LogP) is 3.20. The number of carbonyl (C=O) groups is 1. The molecule has 0 aliphatic heterocycles. The molecule has 30 heavy (non-hydrogen) atoms. The molecule has 0 saturated heterocycles. The monoisotopic (exact) mass is 426 g/mol. The first-order valence-corrected chi connectivity index (χ1v) is 11.3. The van der Waals surface area contributed by atoms with Crippen molar-refractivity contribution in [2.45, 2.75) is 20.3 Å². The molecule has 2 N–H and O–H groups in total. The lowest BCUT2D eigenvalue weighted by Crippen LogP contribution is -2.18. The van der Waals surface area contributed by atoms with Crippen molar-refractivity contribution in [1.29, 1.82) is 0 Å². The average molecular weight is 427 g/mol. The number of aromatic nitrogens is 1. The summed E-state index contributed by atoms with van der Waals surface area (Å²) in [6.07, 6.45) is 0.611. The molecule has 3 rings (SSSR count). The van der Waals surface area contributed by atoms with Crippen LogP contribution < -0.4 is 4.72 Å². The van der Waals surface area contributed by atoms with Gasteiger partial charge in [0, 0.05) is 30.4 Å². The number of carbonyl (C=O) groups excluding carboxylic acids is 1. The Kier molecular flexibility index (Phi) is 6.43. The number of nitrogens with one attached hydrogen (secondary N) is 1. The normalized spacial score (nSPS) is 11.5. The first-order chi connectivity index (χ1) is 14.2. The van der Waals surface area contributed by atoms with Crippen LogP contribution in [-0.4, -0.2) is 36.2 Å². The molecule has 1 aromatic heterocycles. The summed E-state index contributed by atoms with van der Waals surface area (Å²) in [7, 11) is -1.67. The van der Waals surface area contributed by atoms with Crippen molar-refractivity contribution in [2.24, 2.45) is 7.05 Å². The van der Waals surface area contributed by atoms with Gasteiger partial charge in [-0.3, -0.25) is 9.52 Å². The molecule has 0 radical (unpaired) electrons. The number of nitrogens with zero attached hydrogens (tertiary/aromatic N) is 1. The summed E-state index contributed by atoms with van der Waals surface area (Å²) in [5, 5.41) is 8.81. The summed E-state index contributed by atoms with van der Waals surface area (Å²) in [5.74, 6) is -0.343. The van der Waals surface area contributed by atoms with Gasteiger partial charge in [-0.15, -0.1) is 0 Å². The summed E-state index contributed by atoms with van der Waals surface area (Å²) in [6.45, 7) is 3.52. The molecule has 158 valence electrons. The van der Waals surface area contributed by atoms with Crippen LogP contribution >= 0.6 is 0 Å². The molecular weight excluding hydrogens is 400 g/mol. The van der Waals surface area contributed by atoms with Gasteiger partial charge < -0.3 is 9.67 Å². The van der Waals surface area contributed by atoms with Crippen LogP contribution in [0.4, 0.5) is 5.69 Å². The molecule has 0 saturated carbocycles. The highest BCUT2D eigenvalue weighted by atomic mass is 32.2. The van der Waals surface area contributed by atoms with E-state index in [-0.39, 0.29) is 11.5 Å². The van der Waals surface area contributed by atoms with Gasteiger partial charge in [-0.25, -0.2) is 8.42 Å². The fourth-order valence-electron chi connectivity index (χ4n) is 3.42. The van der Waals surface area contributed by atoms with E-state index in [1.807, 2.05) is 67.9 Å². The van der Waals surface area contributed by atoms with Gasteiger partial charge in [0.05, 0.1) is 18.1 Å². The van der Waals surface area contributed by atoms with Crippen LogP contribution in [0.15, 0.2) is 54.6 Å². The van der Waals surface area contributed by atoms with E-state index >= 15 is 0 Å². The van der Waals surface area contributed by atoms with E-state index in [4.69, 9.17) is 5.11 Å². The maximum absolute atomic E-state index is 13.0. The largest absolute Gasteiger partial charge is 0.395 e. The van der Waals surface area contributed by atoms with Crippen molar-refractivity contribution in [3.63, 3.8) is 0 Å². The van der Waals surface area contributed by atoms with E-state index in [0.717, 1.165) is 22.4 Å². The standard InChI is InChI=1S/C23H26N2O4S/c1-16-4-10-21(17(2)14-16)23(27)22-11-9-20(25(22)3)15-18-5-7-19(8-6-18)24-30(28,29)13-12-26/h4-11,14,24,26H,12-13,15H2,1-3H3. The topological polar surface area (TPSA) is 88.4 Å². The van der Waals surface area contributed by atoms with Crippen molar-refractivity contribution in [3.05, 3.63) is 88.2 Å². The second-order valence-electron chi connectivity index (χ2n) is 7.43. The zero-order chi connectivity index (χ0) is 21.9. The lowest BCUT2D eigenvalue weighted by molar-refractivity contribution is 0.103. The minimum Gasteiger partial charge on any atom is -0.395 e. The number of aliphatic hydroxyl groups is 1. The molecule has 1 heterocycles. The third kappa shape index (κ3) is 4.98. The first kappa shape index (κ1) is 21.8. The lowest BCUT2D eigenvalue weighted by Gasteiger charge is -2.10. The van der Waals surface area contributed by atoms with Crippen molar-refractivity contribution < 1.29 is 18.3 Å². The van der Waals surface area contributed by atoms with E-state index in [2.05, 4.69) is 4.72 Å². The molecule has 0 aliphatic carbocycles. The molecule has 0 spiro atoms. The Labute approximate surface area is 177 Å². The summed E-state index contributed by atoms with van der Waals surface area (Å²) in [5.41, 5.74) is 5.84. The van der Waals surface area contributed by atoms with E-state index < -0.39 is 16.6 Å². The fourth-order valence-corrected chi connectivity index (χ4v) is 4.25. The molecule has 0 amide bonds. The minimum absolute atomic E-state index is 0.00473. The number of aryl methyl sites for hydroxylation is 2. The van der Waals surface area contributed by atoms with Crippen molar-refractivity contribution in [2.75, 3.05) is 17.1 Å². The van der Waals surface area contributed by atoms with Gasteiger partial charge in [-0.2, -0.15) is 0 Å². The number of anilines is 1. The Bertz CT molecular complexity index is 1160. The quantitative estimate of drug-likeness (QED) is 0.542. The second-order valence-corrected chi connectivity index (χ2v) is 9.28. The number of sulfonamides is 1. The zero-order valence-corrected chi connectivity index (χ0v) is 18.2. The Morgan fingerprint density at radius 3 is 2.37 bits per heavy atom. The van der Waals surface area contributed by atoms with Crippen LogP contribution in [0.1, 0.15) is 38.4 Å². The van der Waals surface area contributed by atoms with Gasteiger partial charge in [0.15, 0.2) is 0 Å². The Morgan fingerprint density at radius 2 is 1.73 bits per heavy atom. The van der Waals surface area contributed by atoms with Gasteiger partial charge in [0.25, 0.3) is 0 Å². The molecule has 0 bridgehead atoms. The van der Waals surface area contributed by atoms with E-state index in [1.54, 1.807) is 12.1 Å². The third-order valence-electron chi connectivity index (χ3n) is 5.06. The molecule has 0 atom stereocenters. The smallest absolute Gasteiger partial charge is 0.234 e. The van der Waals surface area contributed by atoms with Crippen molar-refractivity contribution in [3.8, 4) is 0 Å². The molecule has 7 heteroatoms. The Balaban J connectivity index is 1.76. The van der Waals surface area contributed by atoms with Crippen LogP contribution in [0.3, 0.4) is 0 Å². The van der Waals surface area contributed by atoms with Gasteiger partial charge in [0.2, 0.25) is 15.8 Å². The second kappa shape index (κ2) is 8.85. The highest BCUT2D eigenvalue weighted by Crippen LogP contribution is 2.20. The van der Waals surface area contributed by atoms with Crippen LogP contribution in [0, 0.1) is 13.8 Å². The number of benzene rings is 2. The molecule has 0 fully saturated rings. The number of hydrogen-bond donors (Lipinski definition) is 2. The summed E-state index contributed by atoms with van der Waals surface area (Å²) in [4.78, 5) is 13.0. The number of hydrogen-bond acceptors (Lipinski definition) is 4. The molecule has 0 unspecified atom stereocenters. The van der Waals surface area contributed by atoms with Gasteiger partial charge in [0.1, 0.15) is 0 Å². The molecular formula is C23H26N2O4S. The van der Waals surface area contributed by atoms with E-state index in [1.165, 1.54) is 0 Å². The van der Waals surface area contributed by atoms with Crippen LogP contribution in [0.5, 0.6) is 0 Å². The van der Waals surface area contributed by atoms with Crippen LogP contribution in [0.25, 0.3) is 0 Å². The highest BCUT2D eigenvalue weighted by Gasteiger charge is 2.17. The van der Waals surface area contributed by atoms with Crippen LogP contribution in [0.2, 0.25) is 0 Å². The third-order valence-corrected chi connectivity index (χ3v) is 6.32. The van der Waals surface area contributed by atoms with Crippen molar-refractivity contribution in [1.82, 2.24) is 4.57 Å². The van der Waals surface area contributed by atoms with Crippen LogP contribution in [-0.2, 0) is 23.5 Å². The summed E-state index contributed by atoms with van der Waals surface area (Å²) >= 11 is 0. The minimum atomic E-state index is -3.54. The SMILES string of the molecule is Cc1ccc(C(=O)c2ccc(Cc3ccc(NS(=O)(=O)CCO)cc3)n2C)c(C)c1. The van der Waals surface area contributed by atoms with Crippen molar-refractivity contribution >= 4 is 21.5 Å². The molecule has 2 aromatic carbocycles. The maximum Gasteiger partial charge on any atom is 0.234 e. The maximum atomic E-state index is 13.0. The highest BCUT2D eigenvalue weighted by molar-refractivity contribution is 7.92. The summed E-state index contributed by atoms with van der Waals surface area (Å²) < 4.78 is 27.8. The zero-order valence-electron chi connectivity index (χ0n) is 17.3. The fraction of sp³-hybridized carbons (Fsp3) is 0.261. The van der Waals surface area contributed by atoms with Gasteiger partial charge >= 0.3 is 0 Å². The Morgan fingerprint density at radius 1 is 1.03 bits per heavy atom.